The van der Waals surface area contributed by atoms with E-state index in [1.54, 1.807) is 0 Å². The lowest BCUT2D eigenvalue weighted by molar-refractivity contribution is -0.0549. The Morgan fingerprint density at radius 2 is 1.83 bits per heavy atom. The monoisotopic (exact) mass is 550 g/mol. The molecule has 1 saturated heterocycles. The molecule has 3 aromatic rings. The summed E-state index contributed by atoms with van der Waals surface area (Å²) in [5.74, 6) is -1.14. The van der Waals surface area contributed by atoms with Gasteiger partial charge in [0.1, 0.15) is 18.3 Å². The summed E-state index contributed by atoms with van der Waals surface area (Å²) in [6.45, 7) is -0.346. The summed E-state index contributed by atoms with van der Waals surface area (Å²) in [5.41, 5.74) is 1.24. The molecule has 0 amide bonds. The van der Waals surface area contributed by atoms with Crippen molar-refractivity contribution in [2.24, 2.45) is 0 Å². The van der Waals surface area contributed by atoms with Crippen molar-refractivity contribution in [3.63, 3.8) is 0 Å². The summed E-state index contributed by atoms with van der Waals surface area (Å²) in [5, 5.41) is 31.7. The molecule has 0 bridgehead atoms. The van der Waals surface area contributed by atoms with Crippen LogP contribution in [0.1, 0.15) is 11.8 Å². The Morgan fingerprint density at radius 3 is 2.51 bits per heavy atom. The van der Waals surface area contributed by atoms with Crippen LogP contribution in [0.2, 0.25) is 5.28 Å². The van der Waals surface area contributed by atoms with E-state index < -0.39 is 52.2 Å². The van der Waals surface area contributed by atoms with Gasteiger partial charge < -0.3 is 39.5 Å². The van der Waals surface area contributed by atoms with E-state index in [4.69, 9.17) is 30.6 Å². The average Bonchev–Trinajstić information content (AvgIpc) is 3.31. The van der Waals surface area contributed by atoms with Crippen LogP contribution in [0.15, 0.2) is 30.3 Å². The maximum atomic E-state index is 11.9. The highest BCUT2D eigenvalue weighted by Crippen LogP contribution is 2.55. The summed E-state index contributed by atoms with van der Waals surface area (Å²) in [4.78, 5) is 35.6. The molecule has 3 heterocycles. The van der Waals surface area contributed by atoms with Gasteiger partial charge in [-0.2, -0.15) is 14.6 Å². The van der Waals surface area contributed by atoms with Gasteiger partial charge in [-0.25, -0.2) is 0 Å². The fraction of sp³-hybridized carbons (Fsp3) is 0.412. The highest BCUT2D eigenvalue weighted by molar-refractivity contribution is 7.70. The van der Waals surface area contributed by atoms with Crippen LogP contribution in [0.25, 0.3) is 11.2 Å². The number of halogens is 1. The van der Waals surface area contributed by atoms with Gasteiger partial charge >= 0.3 is 15.2 Å². The molecule has 1 aliphatic heterocycles. The van der Waals surface area contributed by atoms with Gasteiger partial charge in [0, 0.05) is 6.54 Å². The number of aliphatic hydroxyl groups excluding tert-OH is 2. The molecule has 1 fully saturated rings. The molecule has 0 saturated carbocycles. The summed E-state index contributed by atoms with van der Waals surface area (Å²) in [7, 11) is -9.53. The smallest absolute Gasteiger partial charge is 0.340 e. The molecule has 2 aromatic heterocycles. The maximum absolute atomic E-state index is 11.9. The van der Waals surface area contributed by atoms with Gasteiger partial charge in [0.25, 0.3) is 0 Å². The number of hydrogen-bond donors (Lipinski definition) is 6. The molecular weight excluding hydrogens is 530 g/mol. The third-order valence-corrected chi connectivity index (χ3v) is 8.61. The predicted molar refractivity (Wildman–Crippen MR) is 121 cm³/mol. The number of anilines is 1. The second kappa shape index (κ2) is 10.1. The van der Waals surface area contributed by atoms with E-state index in [0.717, 1.165) is 10.2 Å². The third kappa shape index (κ3) is 6.22. The summed E-state index contributed by atoms with van der Waals surface area (Å²) < 4.78 is 34.2. The third-order valence-electron chi connectivity index (χ3n) is 4.98. The normalized spacial score (nSPS) is 24.5. The van der Waals surface area contributed by atoms with Crippen LogP contribution < -0.4 is 5.32 Å². The molecule has 4 rings (SSSR count). The Labute approximate surface area is 202 Å². The number of aromatic nitrogens is 5. The molecule has 5 atom stereocenters. The van der Waals surface area contributed by atoms with Crippen molar-refractivity contribution < 1.29 is 43.3 Å². The maximum Gasteiger partial charge on any atom is 0.340 e. The van der Waals surface area contributed by atoms with Gasteiger partial charge in [0.2, 0.25) is 5.28 Å². The topological polar surface area (TPSA) is 222 Å². The van der Waals surface area contributed by atoms with Gasteiger partial charge in [-0.1, -0.05) is 35.5 Å². The molecular formula is C17H21ClN6O9P2. The van der Waals surface area contributed by atoms with Gasteiger partial charge in [0.05, 0.1) is 6.61 Å². The quantitative estimate of drug-likeness (QED) is 0.157. The molecule has 35 heavy (non-hydrogen) atoms. The standard InChI is InChI=1S/C17H21ClN6O9P2/c18-17-20-14(19-6-9-4-2-1-3-5-9)11-15(21-17)24(23-22-11)16-13(26)12(25)10(33-16)7-32-35(30,31)8-34(27,28)29/h1-5,10,12-13,16,25-26H,6-8H2,(H,30,31)(H,19,20,21)(H2,27,28,29)/t10-,12-,13-,16-/m1/s1. The van der Waals surface area contributed by atoms with Gasteiger partial charge in [0.15, 0.2) is 29.1 Å². The number of fused-ring (bicyclic) bond motifs is 1. The largest absolute Gasteiger partial charge is 0.387 e. The van der Waals surface area contributed by atoms with E-state index in [-0.39, 0.29) is 22.3 Å². The summed E-state index contributed by atoms with van der Waals surface area (Å²) in [6, 6.07) is 9.44. The van der Waals surface area contributed by atoms with Crippen molar-refractivity contribution >= 4 is 43.8 Å². The lowest BCUT2D eigenvalue weighted by Gasteiger charge is -2.18. The second-order valence-corrected chi connectivity index (χ2v) is 12.0. The molecule has 0 aliphatic carbocycles. The first kappa shape index (κ1) is 26.0. The molecule has 0 radical (unpaired) electrons. The van der Waals surface area contributed by atoms with Crippen molar-refractivity contribution in [1.29, 1.82) is 0 Å². The Kier molecular flexibility index (Phi) is 7.55. The minimum absolute atomic E-state index is 0.0766. The van der Waals surface area contributed by atoms with Crippen LogP contribution in [0.3, 0.4) is 0 Å². The molecule has 1 aromatic carbocycles. The highest BCUT2D eigenvalue weighted by atomic mass is 35.5. The fourth-order valence-corrected chi connectivity index (χ4v) is 6.15. The SMILES string of the molecule is O=P(O)(O)CP(=O)(O)OC[C@H]1O[C@@H](n2nnc3c(NCc4ccccc4)nc(Cl)nc32)[C@H](O)[C@@H]1O. The number of hydrogen-bond acceptors (Lipinski definition) is 11. The molecule has 1 aliphatic rings. The minimum atomic E-state index is -4.84. The van der Waals surface area contributed by atoms with E-state index >= 15 is 0 Å². The number of ether oxygens (including phenoxy) is 1. The lowest BCUT2D eigenvalue weighted by Crippen LogP contribution is -2.33. The first-order chi connectivity index (χ1) is 16.4. The van der Waals surface area contributed by atoms with E-state index in [1.165, 1.54) is 0 Å². The molecule has 15 nitrogen and oxygen atoms in total. The number of nitrogens with one attached hydrogen (secondary N) is 1. The Morgan fingerprint density at radius 1 is 1.11 bits per heavy atom. The van der Waals surface area contributed by atoms with Crippen LogP contribution in [-0.2, 0) is 24.9 Å². The van der Waals surface area contributed by atoms with E-state index in [9.17, 15) is 24.2 Å². The van der Waals surface area contributed by atoms with Crippen LogP contribution in [-0.4, -0.2) is 80.7 Å². The minimum Gasteiger partial charge on any atom is -0.387 e. The highest BCUT2D eigenvalue weighted by Gasteiger charge is 2.46. The zero-order valence-electron chi connectivity index (χ0n) is 17.7. The first-order valence-electron chi connectivity index (χ1n) is 10.0. The number of aliphatic hydroxyl groups is 2. The van der Waals surface area contributed by atoms with Crippen molar-refractivity contribution in [3.8, 4) is 0 Å². The zero-order valence-corrected chi connectivity index (χ0v) is 20.2. The van der Waals surface area contributed by atoms with Crippen molar-refractivity contribution in [2.75, 3.05) is 17.8 Å². The van der Waals surface area contributed by atoms with E-state index in [2.05, 4.69) is 25.6 Å². The Hall–Kier alpha value is -2.03. The average molecular weight is 551 g/mol. The van der Waals surface area contributed by atoms with E-state index in [0.29, 0.717) is 6.54 Å². The van der Waals surface area contributed by atoms with Crippen molar-refractivity contribution in [1.82, 2.24) is 25.0 Å². The summed E-state index contributed by atoms with van der Waals surface area (Å²) in [6.07, 6.45) is -5.85. The Balaban J connectivity index is 1.52. The molecule has 0 spiro atoms. The zero-order chi connectivity index (χ0) is 25.4. The van der Waals surface area contributed by atoms with Gasteiger partial charge in [-0.05, 0) is 17.2 Å². The summed E-state index contributed by atoms with van der Waals surface area (Å²) >= 11 is 6.06. The number of rotatable bonds is 9. The molecule has 190 valence electrons. The van der Waals surface area contributed by atoms with Gasteiger partial charge in [-0.15, -0.1) is 5.10 Å². The van der Waals surface area contributed by atoms with Crippen LogP contribution >= 0.6 is 26.8 Å². The Bertz CT molecular complexity index is 1290. The van der Waals surface area contributed by atoms with E-state index in [1.807, 2.05) is 30.3 Å². The number of nitrogens with zero attached hydrogens (tertiary/aromatic N) is 5. The van der Waals surface area contributed by atoms with Crippen LogP contribution in [0.5, 0.6) is 0 Å². The fourth-order valence-electron chi connectivity index (χ4n) is 3.41. The second-order valence-electron chi connectivity index (χ2n) is 7.67. The first-order valence-corrected chi connectivity index (χ1v) is 14.0. The molecule has 6 N–H and O–H groups in total. The molecule has 18 heteroatoms. The van der Waals surface area contributed by atoms with Crippen molar-refractivity contribution in [3.05, 3.63) is 41.2 Å². The predicted octanol–water partition coefficient (Wildman–Crippen LogP) is 0.443. The van der Waals surface area contributed by atoms with Crippen LogP contribution in [0.4, 0.5) is 5.82 Å². The lowest BCUT2D eigenvalue weighted by atomic mass is 10.1. The van der Waals surface area contributed by atoms with Crippen molar-refractivity contribution in [2.45, 2.75) is 31.1 Å². The molecule has 1 unspecified atom stereocenters. The van der Waals surface area contributed by atoms with Gasteiger partial charge in [-0.3, -0.25) is 9.13 Å². The number of benzene rings is 1. The van der Waals surface area contributed by atoms with Crippen LogP contribution in [0, 0.1) is 0 Å².